The number of rotatable bonds is 3. The number of nitrogens with zero attached hydrogens (tertiary/aromatic N) is 4. The van der Waals surface area contributed by atoms with E-state index < -0.39 is 0 Å². The zero-order valence-corrected chi connectivity index (χ0v) is 16.1. The fourth-order valence-corrected chi connectivity index (χ4v) is 3.30. The van der Waals surface area contributed by atoms with E-state index in [1.54, 1.807) is 6.20 Å². The van der Waals surface area contributed by atoms with Crippen LogP contribution in [0.5, 0.6) is 0 Å². The average Bonchev–Trinajstić information content (AvgIpc) is 3.22. The van der Waals surface area contributed by atoms with Crippen LogP contribution in [0.1, 0.15) is 11.1 Å². The summed E-state index contributed by atoms with van der Waals surface area (Å²) < 4.78 is 0. The quantitative estimate of drug-likeness (QED) is 0.734. The fourth-order valence-electron chi connectivity index (χ4n) is 3.30. The maximum absolute atomic E-state index is 12.6. The zero-order valence-electron chi connectivity index (χ0n) is 16.1. The molecule has 3 heterocycles. The molecule has 0 saturated carbocycles. The number of carbonyl (C=O) groups excluding carboxylic acids is 1. The van der Waals surface area contributed by atoms with Crippen molar-refractivity contribution in [3.05, 3.63) is 59.9 Å². The lowest BCUT2D eigenvalue weighted by atomic mass is 10.1. The number of benzene rings is 1. The summed E-state index contributed by atoms with van der Waals surface area (Å²) >= 11 is 0. The third-order valence-electron chi connectivity index (χ3n) is 5.19. The summed E-state index contributed by atoms with van der Waals surface area (Å²) in [7, 11) is 0. The molecule has 2 N–H and O–H groups in total. The van der Waals surface area contributed by atoms with Crippen molar-refractivity contribution in [1.82, 2.24) is 20.1 Å². The van der Waals surface area contributed by atoms with Crippen LogP contribution < -0.4 is 10.2 Å². The highest BCUT2D eigenvalue weighted by atomic mass is 16.2. The summed E-state index contributed by atoms with van der Waals surface area (Å²) in [4.78, 5) is 20.7. The van der Waals surface area contributed by atoms with Gasteiger partial charge in [-0.15, -0.1) is 0 Å². The second-order valence-corrected chi connectivity index (χ2v) is 7.08. The first kappa shape index (κ1) is 18.0. The predicted molar refractivity (Wildman–Crippen MR) is 111 cm³/mol. The number of aryl methyl sites for hydroxylation is 2. The van der Waals surface area contributed by atoms with Crippen molar-refractivity contribution in [2.75, 3.05) is 36.4 Å². The van der Waals surface area contributed by atoms with Gasteiger partial charge in [0, 0.05) is 55.9 Å². The third kappa shape index (κ3) is 3.83. The van der Waals surface area contributed by atoms with Crippen molar-refractivity contribution in [3.63, 3.8) is 0 Å². The normalized spacial score (nSPS) is 14.2. The molecule has 7 heteroatoms. The molecule has 0 bridgehead atoms. The lowest BCUT2D eigenvalue weighted by Crippen LogP contribution is -2.50. The first-order chi connectivity index (χ1) is 13.6. The van der Waals surface area contributed by atoms with E-state index in [2.05, 4.69) is 32.3 Å². The minimum absolute atomic E-state index is 0.0546. The van der Waals surface area contributed by atoms with Gasteiger partial charge in [-0.2, -0.15) is 5.10 Å². The molecule has 7 nitrogen and oxygen atoms in total. The Morgan fingerprint density at radius 3 is 2.61 bits per heavy atom. The van der Waals surface area contributed by atoms with E-state index in [0.29, 0.717) is 13.1 Å². The summed E-state index contributed by atoms with van der Waals surface area (Å²) in [6.45, 7) is 6.93. The molecule has 0 radical (unpaired) electrons. The topological polar surface area (TPSA) is 77.2 Å². The summed E-state index contributed by atoms with van der Waals surface area (Å²) in [6, 6.07) is 11.9. The van der Waals surface area contributed by atoms with Crippen LogP contribution in [0.25, 0.3) is 11.3 Å². The van der Waals surface area contributed by atoms with E-state index in [4.69, 9.17) is 0 Å². The molecule has 1 aliphatic heterocycles. The lowest BCUT2D eigenvalue weighted by Gasteiger charge is -2.34. The maximum atomic E-state index is 12.6. The van der Waals surface area contributed by atoms with Gasteiger partial charge in [0.15, 0.2) is 5.82 Å². The van der Waals surface area contributed by atoms with Crippen molar-refractivity contribution >= 4 is 17.5 Å². The number of piperazine rings is 1. The van der Waals surface area contributed by atoms with Crippen LogP contribution in [0.3, 0.4) is 0 Å². The fraction of sp³-hybridized carbons (Fsp3) is 0.286. The van der Waals surface area contributed by atoms with Gasteiger partial charge < -0.3 is 15.1 Å². The van der Waals surface area contributed by atoms with Crippen LogP contribution in [-0.4, -0.2) is 52.3 Å². The Morgan fingerprint density at radius 1 is 1.07 bits per heavy atom. The first-order valence-corrected chi connectivity index (χ1v) is 9.44. The van der Waals surface area contributed by atoms with Gasteiger partial charge in [0.1, 0.15) is 0 Å². The molecule has 1 aromatic carbocycles. The number of anilines is 2. The zero-order chi connectivity index (χ0) is 19.5. The number of pyridine rings is 1. The van der Waals surface area contributed by atoms with E-state index >= 15 is 0 Å². The number of urea groups is 1. The largest absolute Gasteiger partial charge is 0.352 e. The summed E-state index contributed by atoms with van der Waals surface area (Å²) in [5, 5.41) is 10.5. The highest BCUT2D eigenvalue weighted by Crippen LogP contribution is 2.22. The molecule has 0 unspecified atom stereocenters. The molecule has 1 fully saturated rings. The summed E-state index contributed by atoms with van der Waals surface area (Å²) in [5.74, 6) is 0.896. The van der Waals surface area contributed by atoms with Crippen LogP contribution >= 0.6 is 0 Å². The minimum atomic E-state index is -0.0546. The van der Waals surface area contributed by atoms with Crippen LogP contribution in [0.4, 0.5) is 16.3 Å². The standard InChI is InChI=1S/C21H24N6O/c1-15-5-6-18(12-16(15)2)23-21(28)27-10-8-26(9-11-27)20-13-19(24-25-20)17-4-3-7-22-14-17/h3-7,12-14H,8-11H2,1-2H3,(H,23,28)(H,24,25). The van der Waals surface area contributed by atoms with Gasteiger partial charge in [-0.05, 0) is 49.2 Å². The van der Waals surface area contributed by atoms with Crippen molar-refractivity contribution in [3.8, 4) is 11.3 Å². The Balaban J connectivity index is 1.35. The second-order valence-electron chi connectivity index (χ2n) is 7.08. The van der Waals surface area contributed by atoms with Gasteiger partial charge in [0.25, 0.3) is 0 Å². The van der Waals surface area contributed by atoms with Crippen LogP contribution in [0.2, 0.25) is 0 Å². The van der Waals surface area contributed by atoms with Crippen molar-refractivity contribution < 1.29 is 4.79 Å². The van der Waals surface area contributed by atoms with Crippen molar-refractivity contribution in [2.24, 2.45) is 0 Å². The van der Waals surface area contributed by atoms with E-state index in [-0.39, 0.29) is 6.03 Å². The van der Waals surface area contributed by atoms with Crippen LogP contribution in [-0.2, 0) is 0 Å². The molecule has 28 heavy (non-hydrogen) atoms. The van der Waals surface area contributed by atoms with Gasteiger partial charge >= 0.3 is 6.03 Å². The molecule has 0 atom stereocenters. The van der Waals surface area contributed by atoms with Gasteiger partial charge in [-0.25, -0.2) is 4.79 Å². The molecule has 3 aromatic rings. The number of amides is 2. The lowest BCUT2D eigenvalue weighted by molar-refractivity contribution is 0.208. The van der Waals surface area contributed by atoms with Crippen LogP contribution in [0.15, 0.2) is 48.8 Å². The number of H-pyrrole nitrogens is 1. The molecule has 2 amide bonds. The molecular formula is C21H24N6O. The van der Waals surface area contributed by atoms with Crippen molar-refractivity contribution in [2.45, 2.75) is 13.8 Å². The van der Waals surface area contributed by atoms with E-state index in [9.17, 15) is 4.79 Å². The SMILES string of the molecule is Cc1ccc(NC(=O)N2CCN(c3cc(-c4cccnc4)[nH]n3)CC2)cc1C. The molecule has 1 saturated heterocycles. The molecular weight excluding hydrogens is 352 g/mol. The number of hydrogen-bond acceptors (Lipinski definition) is 4. The Hall–Kier alpha value is -3.35. The van der Waals surface area contributed by atoms with E-state index in [0.717, 1.165) is 35.9 Å². The first-order valence-electron chi connectivity index (χ1n) is 9.44. The van der Waals surface area contributed by atoms with Crippen LogP contribution in [0, 0.1) is 13.8 Å². The smallest absolute Gasteiger partial charge is 0.321 e. The highest BCUT2D eigenvalue weighted by Gasteiger charge is 2.23. The number of aromatic nitrogens is 3. The number of aromatic amines is 1. The summed E-state index contributed by atoms with van der Waals surface area (Å²) in [6.07, 6.45) is 3.56. The molecule has 0 aliphatic carbocycles. The summed E-state index contributed by atoms with van der Waals surface area (Å²) in [5.41, 5.74) is 5.18. The number of hydrogen-bond donors (Lipinski definition) is 2. The molecule has 4 rings (SSSR count). The van der Waals surface area contributed by atoms with Gasteiger partial charge in [-0.3, -0.25) is 10.1 Å². The Morgan fingerprint density at radius 2 is 1.89 bits per heavy atom. The Bertz CT molecular complexity index is 960. The van der Waals surface area contributed by atoms with E-state index in [1.165, 1.54) is 11.1 Å². The van der Waals surface area contributed by atoms with Crippen molar-refractivity contribution in [1.29, 1.82) is 0 Å². The maximum Gasteiger partial charge on any atom is 0.321 e. The molecule has 0 spiro atoms. The average molecular weight is 376 g/mol. The van der Waals surface area contributed by atoms with Gasteiger partial charge in [-0.1, -0.05) is 6.07 Å². The third-order valence-corrected chi connectivity index (χ3v) is 5.19. The Labute approximate surface area is 164 Å². The second kappa shape index (κ2) is 7.72. The minimum Gasteiger partial charge on any atom is -0.352 e. The number of nitrogens with one attached hydrogen (secondary N) is 2. The number of carbonyl (C=O) groups is 1. The molecule has 1 aliphatic rings. The van der Waals surface area contributed by atoms with E-state index in [1.807, 2.05) is 54.4 Å². The highest BCUT2D eigenvalue weighted by molar-refractivity contribution is 5.89. The van der Waals surface area contributed by atoms with Gasteiger partial charge in [0.2, 0.25) is 0 Å². The predicted octanol–water partition coefficient (Wildman–Crippen LogP) is 3.44. The molecule has 2 aromatic heterocycles. The molecule has 144 valence electrons. The monoisotopic (exact) mass is 376 g/mol. The van der Waals surface area contributed by atoms with Gasteiger partial charge in [0.05, 0.1) is 5.69 Å². The Kier molecular flexibility index (Phi) is 4.97.